The molecule has 8 nitrogen and oxygen atoms in total. The minimum Gasteiger partial charge on any atom is -0.478 e. The first kappa shape index (κ1) is 15.0. The zero-order valence-corrected chi connectivity index (χ0v) is 11.9. The molecule has 0 aliphatic rings. The number of carbonyl (C=O) groups is 1. The van der Waals surface area contributed by atoms with E-state index in [9.17, 15) is 13.2 Å². The summed E-state index contributed by atoms with van der Waals surface area (Å²) in [5, 5.41) is 15.5. The Balaban J connectivity index is 2.33. The maximum absolute atomic E-state index is 12.3. The number of carboxylic acids is 1. The lowest BCUT2D eigenvalue weighted by Gasteiger charge is -2.10. The first-order valence-corrected chi connectivity index (χ1v) is 7.41. The van der Waals surface area contributed by atoms with Crippen molar-refractivity contribution in [3.63, 3.8) is 0 Å². The molecule has 1 aromatic carbocycles. The summed E-state index contributed by atoms with van der Waals surface area (Å²) in [6, 6.07) is 3.62. The molecule has 2 rings (SSSR count). The number of hydrogen-bond donors (Lipinski definition) is 4. The number of H-pyrrole nitrogens is 1. The van der Waals surface area contributed by atoms with Crippen molar-refractivity contribution in [2.45, 2.75) is 18.4 Å². The average Bonchev–Trinajstić information content (AvgIpc) is 2.81. The average molecular weight is 310 g/mol. The van der Waals surface area contributed by atoms with Crippen LogP contribution in [0, 0.1) is 6.92 Å². The number of nitrogen functional groups attached to an aromatic ring is 1. The fraction of sp³-hybridized carbons (Fsp3) is 0.167. The summed E-state index contributed by atoms with van der Waals surface area (Å²) in [4.78, 5) is 10.8. The molecule has 9 heteroatoms. The Morgan fingerprint density at radius 1 is 1.48 bits per heavy atom. The first-order chi connectivity index (χ1) is 9.81. The molecule has 0 saturated heterocycles. The number of aryl methyl sites for hydroxylation is 1. The molecule has 0 aliphatic carbocycles. The van der Waals surface area contributed by atoms with Crippen molar-refractivity contribution in [2.24, 2.45) is 0 Å². The van der Waals surface area contributed by atoms with Gasteiger partial charge in [0.2, 0.25) is 10.0 Å². The van der Waals surface area contributed by atoms with Crippen molar-refractivity contribution in [1.29, 1.82) is 0 Å². The van der Waals surface area contributed by atoms with Crippen molar-refractivity contribution >= 4 is 21.7 Å². The van der Waals surface area contributed by atoms with Gasteiger partial charge in [-0.15, -0.1) is 0 Å². The predicted octanol–water partition coefficient (Wildman–Crippen LogP) is 0.477. The molecular formula is C12H14N4O4S. The van der Waals surface area contributed by atoms with Gasteiger partial charge in [0.25, 0.3) is 0 Å². The lowest BCUT2D eigenvalue weighted by atomic mass is 10.2. The van der Waals surface area contributed by atoms with E-state index in [-0.39, 0.29) is 22.7 Å². The number of nitrogens with two attached hydrogens (primary N) is 1. The molecule has 0 saturated carbocycles. The Labute approximate surface area is 121 Å². The number of carboxylic acid groups (broad SMARTS) is 1. The normalized spacial score (nSPS) is 11.5. The summed E-state index contributed by atoms with van der Waals surface area (Å²) in [5.41, 5.74) is 6.76. The Morgan fingerprint density at radius 2 is 2.19 bits per heavy atom. The van der Waals surface area contributed by atoms with Crippen LogP contribution < -0.4 is 10.5 Å². The van der Waals surface area contributed by atoms with Crippen LogP contribution in [0.15, 0.2) is 29.3 Å². The van der Waals surface area contributed by atoms with Crippen molar-refractivity contribution in [2.75, 3.05) is 5.73 Å². The molecule has 0 atom stereocenters. The smallest absolute Gasteiger partial charge is 0.337 e. The fourth-order valence-corrected chi connectivity index (χ4v) is 2.98. The van der Waals surface area contributed by atoms with Gasteiger partial charge in [-0.05, 0) is 25.1 Å². The van der Waals surface area contributed by atoms with Crippen LogP contribution in [0.2, 0.25) is 0 Å². The number of nitrogens with one attached hydrogen (secondary N) is 2. The highest BCUT2D eigenvalue weighted by Gasteiger charge is 2.22. The van der Waals surface area contributed by atoms with Gasteiger partial charge in [-0.2, -0.15) is 5.10 Å². The van der Waals surface area contributed by atoms with Gasteiger partial charge in [0.15, 0.2) is 0 Å². The van der Waals surface area contributed by atoms with Gasteiger partial charge in [0, 0.05) is 23.5 Å². The molecular weight excluding hydrogens is 296 g/mol. The van der Waals surface area contributed by atoms with E-state index < -0.39 is 16.0 Å². The standard InChI is InChI=1S/C12H14N4O4S/c1-7-8(5-14-16-7)6-15-21(19,20)11-4-9(13)2-3-10(11)12(17)18/h2-5,15H,6,13H2,1H3,(H,14,16)(H,17,18). The quantitative estimate of drug-likeness (QED) is 0.592. The fourth-order valence-electron chi connectivity index (χ4n) is 1.74. The van der Waals surface area contributed by atoms with Crippen LogP contribution in [0.3, 0.4) is 0 Å². The molecule has 0 aliphatic heterocycles. The van der Waals surface area contributed by atoms with Crippen LogP contribution in [-0.2, 0) is 16.6 Å². The zero-order chi connectivity index (χ0) is 15.6. The Kier molecular flexibility index (Phi) is 3.96. The molecule has 0 radical (unpaired) electrons. The largest absolute Gasteiger partial charge is 0.478 e. The highest BCUT2D eigenvalue weighted by atomic mass is 32.2. The van der Waals surface area contributed by atoms with Gasteiger partial charge in [-0.3, -0.25) is 5.10 Å². The molecule has 1 aromatic heterocycles. The van der Waals surface area contributed by atoms with E-state index >= 15 is 0 Å². The van der Waals surface area contributed by atoms with Crippen LogP contribution in [0.1, 0.15) is 21.6 Å². The summed E-state index contributed by atoms with van der Waals surface area (Å²) in [5.74, 6) is -1.34. The third kappa shape index (κ3) is 3.20. The van der Waals surface area contributed by atoms with Gasteiger partial charge in [-0.25, -0.2) is 17.9 Å². The summed E-state index contributed by atoms with van der Waals surface area (Å²) in [6.07, 6.45) is 1.50. The zero-order valence-electron chi connectivity index (χ0n) is 11.1. The van der Waals surface area contributed by atoms with Gasteiger partial charge in [0.05, 0.1) is 16.7 Å². The van der Waals surface area contributed by atoms with Crippen LogP contribution >= 0.6 is 0 Å². The van der Waals surface area contributed by atoms with Crippen molar-refractivity contribution < 1.29 is 18.3 Å². The third-order valence-electron chi connectivity index (χ3n) is 2.91. The second-order valence-electron chi connectivity index (χ2n) is 4.41. The molecule has 0 unspecified atom stereocenters. The maximum Gasteiger partial charge on any atom is 0.337 e. The summed E-state index contributed by atoms with van der Waals surface area (Å²) in [7, 11) is -4.00. The van der Waals surface area contributed by atoms with Crippen LogP contribution in [-0.4, -0.2) is 29.7 Å². The molecule has 1 heterocycles. The molecule has 0 amide bonds. The van der Waals surface area contributed by atoms with Crippen LogP contribution in [0.5, 0.6) is 0 Å². The van der Waals surface area contributed by atoms with Crippen molar-refractivity contribution in [1.82, 2.24) is 14.9 Å². The Hall–Kier alpha value is -2.39. The molecule has 5 N–H and O–H groups in total. The maximum atomic E-state index is 12.3. The molecule has 0 fully saturated rings. The predicted molar refractivity (Wildman–Crippen MR) is 75.2 cm³/mol. The highest BCUT2D eigenvalue weighted by Crippen LogP contribution is 2.19. The van der Waals surface area contributed by atoms with Crippen LogP contribution in [0.25, 0.3) is 0 Å². The molecule has 112 valence electrons. The molecule has 21 heavy (non-hydrogen) atoms. The Morgan fingerprint density at radius 3 is 2.76 bits per heavy atom. The topological polar surface area (TPSA) is 138 Å². The summed E-state index contributed by atoms with van der Waals surface area (Å²) >= 11 is 0. The number of rotatable bonds is 5. The molecule has 2 aromatic rings. The SMILES string of the molecule is Cc1[nH]ncc1CNS(=O)(=O)c1cc(N)ccc1C(=O)O. The van der Waals surface area contributed by atoms with Crippen molar-refractivity contribution in [3.05, 3.63) is 41.2 Å². The van der Waals surface area contributed by atoms with Gasteiger partial charge in [0.1, 0.15) is 0 Å². The summed E-state index contributed by atoms with van der Waals surface area (Å²) in [6.45, 7) is 1.75. The van der Waals surface area contributed by atoms with E-state index in [1.165, 1.54) is 12.3 Å². The van der Waals surface area contributed by atoms with E-state index in [0.717, 1.165) is 17.8 Å². The number of benzene rings is 1. The second-order valence-corrected chi connectivity index (χ2v) is 6.14. The lowest BCUT2D eigenvalue weighted by molar-refractivity contribution is 0.0692. The number of aromatic amines is 1. The minimum atomic E-state index is -4.00. The third-order valence-corrected chi connectivity index (χ3v) is 4.35. The summed E-state index contributed by atoms with van der Waals surface area (Å²) < 4.78 is 26.8. The second kappa shape index (κ2) is 5.54. The highest BCUT2D eigenvalue weighted by molar-refractivity contribution is 7.89. The number of aromatic nitrogens is 2. The van der Waals surface area contributed by atoms with Gasteiger partial charge in [-0.1, -0.05) is 0 Å². The van der Waals surface area contributed by atoms with E-state index in [4.69, 9.17) is 10.8 Å². The minimum absolute atomic E-state index is 0.00146. The first-order valence-electron chi connectivity index (χ1n) is 5.92. The van der Waals surface area contributed by atoms with Gasteiger partial charge >= 0.3 is 5.97 Å². The van der Waals surface area contributed by atoms with E-state index in [1.54, 1.807) is 6.92 Å². The van der Waals surface area contributed by atoms with E-state index in [2.05, 4.69) is 14.9 Å². The number of aromatic carboxylic acids is 1. The van der Waals surface area contributed by atoms with E-state index in [0.29, 0.717) is 5.56 Å². The number of nitrogens with zero attached hydrogens (tertiary/aromatic N) is 1. The number of anilines is 1. The monoisotopic (exact) mass is 310 g/mol. The van der Waals surface area contributed by atoms with Crippen molar-refractivity contribution in [3.8, 4) is 0 Å². The number of hydrogen-bond acceptors (Lipinski definition) is 5. The van der Waals surface area contributed by atoms with Crippen LogP contribution in [0.4, 0.5) is 5.69 Å². The number of sulfonamides is 1. The van der Waals surface area contributed by atoms with E-state index in [1.807, 2.05) is 0 Å². The lowest BCUT2D eigenvalue weighted by Crippen LogP contribution is -2.25. The van der Waals surface area contributed by atoms with Gasteiger partial charge < -0.3 is 10.8 Å². The molecule has 0 bridgehead atoms. The Bertz CT molecular complexity index is 782. The molecule has 0 spiro atoms.